The fraction of sp³-hybridized carbons (Fsp3) is 0.600. The molecule has 1 saturated carbocycles. The smallest absolute Gasteiger partial charge is 0.234 e. The van der Waals surface area contributed by atoms with Crippen LogP contribution in [-0.4, -0.2) is 86.2 Å². The van der Waals surface area contributed by atoms with Gasteiger partial charge >= 0.3 is 0 Å². The predicted octanol–water partition coefficient (Wildman–Crippen LogP) is -0.161. The van der Waals surface area contributed by atoms with Crippen molar-refractivity contribution in [1.29, 1.82) is 0 Å². The van der Waals surface area contributed by atoms with Crippen LogP contribution >= 0.6 is 0 Å². The van der Waals surface area contributed by atoms with Gasteiger partial charge in [0.25, 0.3) is 0 Å². The summed E-state index contributed by atoms with van der Waals surface area (Å²) >= 11 is 0. The van der Waals surface area contributed by atoms with Gasteiger partial charge in [0.15, 0.2) is 11.5 Å². The van der Waals surface area contributed by atoms with Crippen molar-refractivity contribution in [2.24, 2.45) is 0 Å². The number of benzene rings is 1. The highest BCUT2D eigenvalue weighted by molar-refractivity contribution is 5.79. The summed E-state index contributed by atoms with van der Waals surface area (Å²) in [7, 11) is 0. The Kier molecular flexibility index (Phi) is 5.97. The second-order valence-corrected chi connectivity index (χ2v) is 7.70. The normalized spacial score (nSPS) is 22.5. The van der Waals surface area contributed by atoms with Crippen LogP contribution in [-0.2, 0) is 9.59 Å². The molecule has 0 radical (unpaired) electrons. The zero-order valence-corrected chi connectivity index (χ0v) is 16.1. The molecule has 0 bridgehead atoms. The number of hydrogen-bond donors (Lipinski definition) is 2. The molecular formula is C20H28N4O4. The van der Waals surface area contributed by atoms with Crippen molar-refractivity contribution in [2.75, 3.05) is 52.4 Å². The van der Waals surface area contributed by atoms with E-state index >= 15 is 0 Å². The number of para-hydroxylation sites is 2. The van der Waals surface area contributed by atoms with Gasteiger partial charge in [0, 0.05) is 32.2 Å². The average molecular weight is 388 g/mol. The van der Waals surface area contributed by atoms with Gasteiger partial charge in [-0.2, -0.15) is 0 Å². The Morgan fingerprint density at radius 1 is 0.964 bits per heavy atom. The Bertz CT molecular complexity index is 701. The lowest BCUT2D eigenvalue weighted by Crippen LogP contribution is -2.52. The number of nitrogens with zero attached hydrogens (tertiary/aromatic N) is 2. The number of amides is 2. The van der Waals surface area contributed by atoms with E-state index in [1.807, 2.05) is 24.3 Å². The van der Waals surface area contributed by atoms with Crippen molar-refractivity contribution < 1.29 is 19.1 Å². The summed E-state index contributed by atoms with van der Waals surface area (Å²) in [6, 6.07) is 7.96. The molecule has 8 heteroatoms. The Hall–Kier alpha value is -2.32. The minimum absolute atomic E-state index is 0.0117. The number of carbonyl (C=O) groups is 2. The molecule has 8 nitrogen and oxygen atoms in total. The van der Waals surface area contributed by atoms with E-state index < -0.39 is 0 Å². The molecule has 152 valence electrons. The average Bonchev–Trinajstić information content (AvgIpc) is 3.51. The summed E-state index contributed by atoms with van der Waals surface area (Å²) in [4.78, 5) is 28.4. The molecule has 2 heterocycles. The van der Waals surface area contributed by atoms with Crippen LogP contribution in [0.1, 0.15) is 12.8 Å². The van der Waals surface area contributed by atoms with Gasteiger partial charge in [-0.05, 0) is 25.0 Å². The van der Waals surface area contributed by atoms with Crippen molar-refractivity contribution in [2.45, 2.75) is 25.0 Å². The first kappa shape index (κ1) is 19.0. The minimum atomic E-state index is -0.180. The summed E-state index contributed by atoms with van der Waals surface area (Å²) in [5.74, 6) is 1.57. The Morgan fingerprint density at radius 2 is 1.61 bits per heavy atom. The second kappa shape index (κ2) is 8.79. The molecule has 0 spiro atoms. The molecule has 2 N–H and O–H groups in total. The van der Waals surface area contributed by atoms with Crippen LogP contribution in [0.3, 0.4) is 0 Å². The molecule has 2 aliphatic heterocycles. The lowest BCUT2D eigenvalue weighted by atomic mass is 10.2. The van der Waals surface area contributed by atoms with Gasteiger partial charge in [-0.15, -0.1) is 0 Å². The van der Waals surface area contributed by atoms with Crippen LogP contribution in [0.4, 0.5) is 0 Å². The van der Waals surface area contributed by atoms with E-state index in [0.717, 1.165) is 50.5 Å². The molecule has 3 aliphatic rings. The molecule has 1 unspecified atom stereocenters. The van der Waals surface area contributed by atoms with Gasteiger partial charge < -0.3 is 20.1 Å². The first-order valence-electron chi connectivity index (χ1n) is 10.0. The van der Waals surface area contributed by atoms with E-state index in [-0.39, 0.29) is 17.9 Å². The van der Waals surface area contributed by atoms with E-state index in [1.54, 1.807) is 0 Å². The standard InChI is InChI=1S/C20H28N4O4/c25-19(21-11-16-14-27-17-3-1-2-4-18(17)28-16)12-23-7-9-24(10-8-23)13-20(26)22-15-5-6-15/h1-4,15-16H,5-14H2,(H,21,25)(H,22,26). The predicted molar refractivity (Wildman–Crippen MR) is 103 cm³/mol. The topological polar surface area (TPSA) is 83.1 Å². The monoisotopic (exact) mass is 388 g/mol. The number of fused-ring (bicyclic) bond motifs is 1. The third-order valence-electron chi connectivity index (χ3n) is 5.24. The molecule has 2 fully saturated rings. The van der Waals surface area contributed by atoms with E-state index in [1.165, 1.54) is 0 Å². The zero-order chi connectivity index (χ0) is 19.3. The number of hydrogen-bond acceptors (Lipinski definition) is 6. The van der Waals surface area contributed by atoms with Gasteiger partial charge in [-0.25, -0.2) is 0 Å². The lowest BCUT2D eigenvalue weighted by Gasteiger charge is -2.34. The highest BCUT2D eigenvalue weighted by Crippen LogP contribution is 2.30. The van der Waals surface area contributed by atoms with Crippen LogP contribution in [0.25, 0.3) is 0 Å². The van der Waals surface area contributed by atoms with Crippen molar-refractivity contribution in [1.82, 2.24) is 20.4 Å². The molecule has 1 aromatic carbocycles. The molecule has 0 aromatic heterocycles. The maximum atomic E-state index is 12.3. The van der Waals surface area contributed by atoms with Gasteiger partial charge in [-0.1, -0.05) is 12.1 Å². The van der Waals surface area contributed by atoms with Crippen LogP contribution in [0, 0.1) is 0 Å². The van der Waals surface area contributed by atoms with E-state index in [2.05, 4.69) is 20.4 Å². The fourth-order valence-electron chi connectivity index (χ4n) is 3.46. The van der Waals surface area contributed by atoms with E-state index in [9.17, 15) is 9.59 Å². The largest absolute Gasteiger partial charge is 0.486 e. The number of ether oxygens (including phenoxy) is 2. The second-order valence-electron chi connectivity index (χ2n) is 7.70. The Balaban J connectivity index is 1.12. The summed E-state index contributed by atoms with van der Waals surface area (Å²) in [6.07, 6.45) is 2.04. The number of rotatable bonds is 7. The third-order valence-corrected chi connectivity index (χ3v) is 5.24. The highest BCUT2D eigenvalue weighted by atomic mass is 16.6. The van der Waals surface area contributed by atoms with Gasteiger partial charge in [-0.3, -0.25) is 19.4 Å². The minimum Gasteiger partial charge on any atom is -0.486 e. The first-order chi connectivity index (χ1) is 13.7. The van der Waals surface area contributed by atoms with Gasteiger partial charge in [0.05, 0.1) is 19.6 Å². The van der Waals surface area contributed by atoms with Crippen LogP contribution in [0.5, 0.6) is 11.5 Å². The molecule has 1 aromatic rings. The molecule has 1 atom stereocenters. The Morgan fingerprint density at radius 3 is 2.29 bits per heavy atom. The van der Waals surface area contributed by atoms with Crippen LogP contribution in [0.2, 0.25) is 0 Å². The van der Waals surface area contributed by atoms with Crippen LogP contribution in [0.15, 0.2) is 24.3 Å². The fourth-order valence-corrected chi connectivity index (χ4v) is 3.46. The molecule has 1 aliphatic carbocycles. The van der Waals surface area contributed by atoms with E-state index in [4.69, 9.17) is 9.47 Å². The number of nitrogens with one attached hydrogen (secondary N) is 2. The van der Waals surface area contributed by atoms with Crippen LogP contribution < -0.4 is 20.1 Å². The SMILES string of the molecule is O=C(CN1CCN(CC(=O)NC2CC2)CC1)NCC1COc2ccccc2O1. The third kappa shape index (κ3) is 5.36. The van der Waals surface area contributed by atoms with E-state index in [0.29, 0.717) is 32.3 Å². The summed E-state index contributed by atoms with van der Waals surface area (Å²) in [5, 5.41) is 5.96. The molecule has 4 rings (SSSR count). The zero-order valence-electron chi connectivity index (χ0n) is 16.1. The molecule has 2 amide bonds. The summed E-state index contributed by atoms with van der Waals surface area (Å²) < 4.78 is 11.5. The maximum Gasteiger partial charge on any atom is 0.234 e. The molecule has 28 heavy (non-hydrogen) atoms. The Labute approximate surface area is 165 Å². The van der Waals surface area contributed by atoms with Crippen molar-refractivity contribution in [3.63, 3.8) is 0 Å². The van der Waals surface area contributed by atoms with Crippen molar-refractivity contribution >= 4 is 11.8 Å². The number of piperazine rings is 1. The van der Waals surface area contributed by atoms with Crippen molar-refractivity contribution in [3.05, 3.63) is 24.3 Å². The maximum absolute atomic E-state index is 12.3. The summed E-state index contributed by atoms with van der Waals surface area (Å²) in [6.45, 7) is 4.88. The lowest BCUT2D eigenvalue weighted by molar-refractivity contribution is -0.125. The number of carbonyl (C=O) groups excluding carboxylic acids is 2. The van der Waals surface area contributed by atoms with Gasteiger partial charge in [0.1, 0.15) is 12.7 Å². The van der Waals surface area contributed by atoms with Gasteiger partial charge in [0.2, 0.25) is 11.8 Å². The van der Waals surface area contributed by atoms with Crippen molar-refractivity contribution in [3.8, 4) is 11.5 Å². The first-order valence-corrected chi connectivity index (χ1v) is 10.0. The summed E-state index contributed by atoms with van der Waals surface area (Å²) in [5.41, 5.74) is 0. The molecule has 1 saturated heterocycles. The molecular weight excluding hydrogens is 360 g/mol. The quantitative estimate of drug-likeness (QED) is 0.675. The highest BCUT2D eigenvalue weighted by Gasteiger charge is 2.26.